The molecule has 1 atom stereocenters. The van der Waals surface area contributed by atoms with Crippen LogP contribution in [0.3, 0.4) is 0 Å². The summed E-state index contributed by atoms with van der Waals surface area (Å²) in [4.78, 5) is 14.9. The monoisotopic (exact) mass is 289 g/mol. The summed E-state index contributed by atoms with van der Waals surface area (Å²) >= 11 is 1.15. The second kappa shape index (κ2) is 5.66. The van der Waals surface area contributed by atoms with E-state index in [1.54, 1.807) is 0 Å². The highest BCUT2D eigenvalue weighted by atomic mass is 32.2. The van der Waals surface area contributed by atoms with Crippen molar-refractivity contribution in [3.8, 4) is 0 Å². The second-order valence-corrected chi connectivity index (χ2v) is 5.84. The van der Waals surface area contributed by atoms with E-state index in [1.807, 2.05) is 0 Å². The van der Waals surface area contributed by atoms with Crippen LogP contribution in [0.15, 0.2) is 29.4 Å². The van der Waals surface area contributed by atoms with Gasteiger partial charge in [0.2, 0.25) is 5.16 Å². The molecule has 1 aliphatic rings. The highest BCUT2D eigenvalue weighted by molar-refractivity contribution is 7.99. The molecule has 0 bridgehead atoms. The molecule has 0 saturated heterocycles. The first-order valence-corrected chi connectivity index (χ1v) is 7.54. The number of aryl methyl sites for hydroxylation is 1. The Hall–Kier alpha value is -1.82. The molecule has 0 spiro atoms. The molecule has 3 rings (SSSR count). The Morgan fingerprint density at radius 2 is 2.20 bits per heavy atom. The van der Waals surface area contributed by atoms with Gasteiger partial charge in [0.1, 0.15) is 5.82 Å². The smallest absolute Gasteiger partial charge is 0.313 e. The van der Waals surface area contributed by atoms with Gasteiger partial charge < -0.3 is 5.11 Å². The van der Waals surface area contributed by atoms with Gasteiger partial charge in [0.05, 0.1) is 5.75 Å². The van der Waals surface area contributed by atoms with Gasteiger partial charge in [-0.3, -0.25) is 9.89 Å². The Morgan fingerprint density at radius 1 is 1.40 bits per heavy atom. The standard InChI is InChI=1S/C14H15N3O2S/c18-12(19)8-20-14-15-13(16-17-14)11-6-5-9-3-1-2-4-10(9)7-11/h1-4,11H,5-8H2,(H,18,19)(H,15,16,17). The Kier molecular flexibility index (Phi) is 3.73. The zero-order valence-corrected chi connectivity index (χ0v) is 11.7. The van der Waals surface area contributed by atoms with E-state index in [1.165, 1.54) is 11.1 Å². The van der Waals surface area contributed by atoms with Crippen LogP contribution in [0.2, 0.25) is 0 Å². The van der Waals surface area contributed by atoms with Gasteiger partial charge in [-0.1, -0.05) is 36.0 Å². The summed E-state index contributed by atoms with van der Waals surface area (Å²) in [6, 6.07) is 8.49. The minimum atomic E-state index is -0.854. The van der Waals surface area contributed by atoms with E-state index in [-0.39, 0.29) is 5.75 Å². The molecule has 20 heavy (non-hydrogen) atoms. The van der Waals surface area contributed by atoms with Crippen LogP contribution < -0.4 is 0 Å². The molecular weight excluding hydrogens is 274 g/mol. The van der Waals surface area contributed by atoms with Gasteiger partial charge >= 0.3 is 5.97 Å². The molecule has 0 aliphatic heterocycles. The number of carboxylic acid groups (broad SMARTS) is 1. The lowest BCUT2D eigenvalue weighted by Crippen LogP contribution is -2.13. The molecule has 0 saturated carbocycles. The molecule has 2 aromatic rings. The van der Waals surface area contributed by atoms with E-state index in [0.29, 0.717) is 11.1 Å². The molecule has 2 N–H and O–H groups in total. The number of hydrogen-bond donors (Lipinski definition) is 2. The van der Waals surface area contributed by atoms with Gasteiger partial charge in [-0.2, -0.15) is 0 Å². The van der Waals surface area contributed by atoms with Gasteiger partial charge in [-0.25, -0.2) is 4.98 Å². The number of carbonyl (C=O) groups is 1. The number of carboxylic acids is 1. The first kappa shape index (κ1) is 13.2. The minimum Gasteiger partial charge on any atom is -0.481 e. The van der Waals surface area contributed by atoms with E-state index >= 15 is 0 Å². The van der Waals surface area contributed by atoms with Crippen molar-refractivity contribution in [2.75, 3.05) is 5.75 Å². The van der Waals surface area contributed by atoms with Crippen molar-refractivity contribution in [3.63, 3.8) is 0 Å². The average molecular weight is 289 g/mol. The van der Waals surface area contributed by atoms with Gasteiger partial charge in [0.15, 0.2) is 0 Å². The molecule has 1 aromatic carbocycles. The molecule has 0 amide bonds. The van der Waals surface area contributed by atoms with Crippen LogP contribution in [0.4, 0.5) is 0 Å². The molecule has 1 aliphatic carbocycles. The molecule has 1 aromatic heterocycles. The average Bonchev–Trinajstić information content (AvgIpc) is 2.93. The molecule has 104 valence electrons. The van der Waals surface area contributed by atoms with Crippen LogP contribution in [0.25, 0.3) is 0 Å². The second-order valence-electron chi connectivity index (χ2n) is 4.89. The number of hydrogen-bond acceptors (Lipinski definition) is 4. The molecule has 1 heterocycles. The SMILES string of the molecule is O=C(O)CSc1n[nH]c(C2CCc3ccccc3C2)n1. The van der Waals surface area contributed by atoms with Crippen molar-refractivity contribution >= 4 is 17.7 Å². The third kappa shape index (κ3) is 2.85. The maximum absolute atomic E-state index is 10.5. The van der Waals surface area contributed by atoms with Crippen molar-refractivity contribution in [3.05, 3.63) is 41.2 Å². The van der Waals surface area contributed by atoms with Crippen molar-refractivity contribution < 1.29 is 9.90 Å². The quantitative estimate of drug-likeness (QED) is 0.844. The largest absolute Gasteiger partial charge is 0.481 e. The van der Waals surface area contributed by atoms with Crippen LogP contribution in [0, 0.1) is 0 Å². The lowest BCUT2D eigenvalue weighted by atomic mass is 9.83. The summed E-state index contributed by atoms with van der Waals surface area (Å²) in [5.74, 6) is 0.349. The van der Waals surface area contributed by atoms with Crippen molar-refractivity contribution in [1.82, 2.24) is 15.2 Å². The van der Waals surface area contributed by atoms with Crippen LogP contribution in [0.5, 0.6) is 0 Å². The van der Waals surface area contributed by atoms with E-state index in [4.69, 9.17) is 5.11 Å². The summed E-state index contributed by atoms with van der Waals surface area (Å²) < 4.78 is 0. The Balaban J connectivity index is 1.70. The van der Waals surface area contributed by atoms with Gasteiger partial charge in [-0.05, 0) is 30.4 Å². The number of nitrogens with zero attached hydrogens (tertiary/aromatic N) is 2. The van der Waals surface area contributed by atoms with E-state index < -0.39 is 5.97 Å². The summed E-state index contributed by atoms with van der Waals surface area (Å²) in [6.45, 7) is 0. The van der Waals surface area contributed by atoms with Crippen LogP contribution in [0.1, 0.15) is 29.3 Å². The van der Waals surface area contributed by atoms with Crippen LogP contribution in [-0.4, -0.2) is 32.0 Å². The fourth-order valence-corrected chi connectivity index (χ4v) is 3.09. The summed E-state index contributed by atoms with van der Waals surface area (Å²) in [7, 11) is 0. The number of aliphatic carboxylic acids is 1. The van der Waals surface area contributed by atoms with Gasteiger partial charge in [0.25, 0.3) is 0 Å². The van der Waals surface area contributed by atoms with E-state index in [9.17, 15) is 4.79 Å². The van der Waals surface area contributed by atoms with Crippen LogP contribution in [-0.2, 0) is 17.6 Å². The number of H-pyrrole nitrogens is 1. The first-order valence-electron chi connectivity index (χ1n) is 6.56. The molecule has 0 radical (unpaired) electrons. The lowest BCUT2D eigenvalue weighted by Gasteiger charge is -2.22. The Morgan fingerprint density at radius 3 is 3.00 bits per heavy atom. The Bertz CT molecular complexity index is 626. The van der Waals surface area contributed by atoms with Crippen molar-refractivity contribution in [1.29, 1.82) is 0 Å². The molecular formula is C14H15N3O2S. The number of nitrogens with one attached hydrogen (secondary N) is 1. The zero-order valence-electron chi connectivity index (χ0n) is 10.9. The maximum atomic E-state index is 10.5. The number of aromatic nitrogens is 3. The van der Waals surface area contributed by atoms with Crippen LogP contribution >= 0.6 is 11.8 Å². The number of thioether (sulfide) groups is 1. The van der Waals surface area contributed by atoms with Gasteiger partial charge in [-0.15, -0.1) is 5.10 Å². The number of rotatable bonds is 4. The summed E-state index contributed by atoms with van der Waals surface area (Å²) in [5.41, 5.74) is 2.80. The normalized spacial score (nSPS) is 17.7. The third-order valence-corrected chi connectivity index (χ3v) is 4.37. The molecule has 5 nitrogen and oxygen atoms in total. The van der Waals surface area contributed by atoms with Crippen molar-refractivity contribution in [2.45, 2.75) is 30.3 Å². The first-order chi connectivity index (χ1) is 9.72. The number of aromatic amines is 1. The predicted octanol–water partition coefficient (Wildman–Crippen LogP) is 2.25. The number of benzene rings is 1. The van der Waals surface area contributed by atoms with E-state index in [2.05, 4.69) is 39.4 Å². The third-order valence-electron chi connectivity index (χ3n) is 3.54. The summed E-state index contributed by atoms with van der Waals surface area (Å²) in [5, 5.41) is 16.2. The fourth-order valence-electron chi connectivity index (χ4n) is 2.56. The number of fused-ring (bicyclic) bond motifs is 1. The molecule has 1 unspecified atom stereocenters. The molecule has 6 heteroatoms. The van der Waals surface area contributed by atoms with Gasteiger partial charge in [0, 0.05) is 5.92 Å². The maximum Gasteiger partial charge on any atom is 0.313 e. The highest BCUT2D eigenvalue weighted by Gasteiger charge is 2.22. The summed E-state index contributed by atoms with van der Waals surface area (Å²) in [6.07, 6.45) is 3.07. The molecule has 0 fully saturated rings. The topological polar surface area (TPSA) is 78.9 Å². The Labute approximate surface area is 120 Å². The minimum absolute atomic E-state index is 0.00913. The lowest BCUT2D eigenvalue weighted by molar-refractivity contribution is -0.133. The zero-order chi connectivity index (χ0) is 13.9. The van der Waals surface area contributed by atoms with Crippen molar-refractivity contribution in [2.24, 2.45) is 0 Å². The fraction of sp³-hybridized carbons (Fsp3) is 0.357. The highest BCUT2D eigenvalue weighted by Crippen LogP contribution is 2.31. The predicted molar refractivity (Wildman–Crippen MR) is 76.0 cm³/mol. The van der Waals surface area contributed by atoms with E-state index in [0.717, 1.165) is 36.8 Å².